The van der Waals surface area contributed by atoms with Gasteiger partial charge in [-0.3, -0.25) is 0 Å². The van der Waals surface area contributed by atoms with Crippen LogP contribution in [0.1, 0.15) is 6.92 Å². The average molecular weight is 167 g/mol. The Balaban J connectivity index is 3.65. The first kappa shape index (κ1) is 9.72. The zero-order valence-corrected chi connectivity index (χ0v) is 6.85. The minimum absolute atomic E-state index is 0.134. The van der Waals surface area contributed by atoms with Crippen LogP contribution in [0.4, 0.5) is 0 Å². The molecule has 0 aliphatic carbocycles. The number of rotatable bonds is 4. The minimum Gasteiger partial charge on any atom is -0.464 e. The Morgan fingerprint density at radius 1 is 1.70 bits per heavy atom. The van der Waals surface area contributed by atoms with Crippen molar-refractivity contribution in [3.05, 3.63) is 0 Å². The van der Waals surface area contributed by atoms with Crippen molar-refractivity contribution in [1.82, 2.24) is 0 Å². The molecule has 1 unspecified atom stereocenters. The first-order valence-corrected chi connectivity index (χ1v) is 3.55. The Bertz CT molecular complexity index is 101. The number of halogens is 1. The van der Waals surface area contributed by atoms with Crippen molar-refractivity contribution in [2.45, 2.75) is 13.0 Å². The summed E-state index contributed by atoms with van der Waals surface area (Å²) in [6.07, 6.45) is -0.624. The van der Waals surface area contributed by atoms with E-state index in [9.17, 15) is 4.79 Å². The van der Waals surface area contributed by atoms with E-state index < -0.39 is 12.1 Å². The molecule has 10 heavy (non-hydrogen) atoms. The largest absolute Gasteiger partial charge is 0.464 e. The Morgan fingerprint density at radius 2 is 2.30 bits per heavy atom. The third kappa shape index (κ3) is 3.03. The van der Waals surface area contributed by atoms with Gasteiger partial charge >= 0.3 is 5.97 Å². The molecule has 0 heterocycles. The molecule has 0 rings (SSSR count). The second kappa shape index (κ2) is 5.50. The highest BCUT2D eigenvalue weighted by Gasteiger charge is 2.16. The molecule has 0 radical (unpaired) electrons. The second-order valence-corrected chi connectivity index (χ2v) is 1.94. The van der Waals surface area contributed by atoms with Crippen LogP contribution in [0, 0.1) is 0 Å². The molecule has 3 nitrogen and oxygen atoms in total. The number of carbonyl (C=O) groups excluding carboxylic acids is 1. The lowest BCUT2D eigenvalue weighted by Crippen LogP contribution is -2.26. The van der Waals surface area contributed by atoms with Crippen molar-refractivity contribution in [2.75, 3.05) is 19.6 Å². The number of ether oxygens (including phenoxy) is 2. The van der Waals surface area contributed by atoms with Gasteiger partial charge < -0.3 is 9.47 Å². The maximum absolute atomic E-state index is 10.8. The first-order valence-electron chi connectivity index (χ1n) is 3.01. The fourth-order valence-electron chi connectivity index (χ4n) is 0.457. The molecule has 0 aliphatic rings. The summed E-state index contributed by atoms with van der Waals surface area (Å²) in [6.45, 7) is 2.09. The van der Waals surface area contributed by atoms with Crippen molar-refractivity contribution in [3.8, 4) is 0 Å². The monoisotopic (exact) mass is 166 g/mol. The molecular formula is C6H11ClO3. The van der Waals surface area contributed by atoms with E-state index in [2.05, 4.69) is 4.74 Å². The van der Waals surface area contributed by atoms with Crippen LogP contribution in [0.2, 0.25) is 0 Å². The van der Waals surface area contributed by atoms with Crippen LogP contribution in [0.3, 0.4) is 0 Å². The molecule has 0 bridgehead atoms. The van der Waals surface area contributed by atoms with Gasteiger partial charge in [0.2, 0.25) is 0 Å². The molecule has 0 aliphatic heterocycles. The molecule has 0 saturated heterocycles. The molecule has 0 aromatic heterocycles. The van der Waals surface area contributed by atoms with Gasteiger partial charge in [-0.1, -0.05) is 0 Å². The summed E-state index contributed by atoms with van der Waals surface area (Å²) in [5.41, 5.74) is 0. The van der Waals surface area contributed by atoms with Gasteiger partial charge in [0, 0.05) is 7.11 Å². The standard InChI is InChI=1S/C6H11ClO3/c1-3-10-6(8)5(4-7)9-2/h5H,3-4H2,1-2H3. The van der Waals surface area contributed by atoms with E-state index in [1.807, 2.05) is 0 Å². The van der Waals surface area contributed by atoms with Crippen LogP contribution in [-0.2, 0) is 14.3 Å². The fraction of sp³-hybridized carbons (Fsp3) is 0.833. The molecule has 0 spiro atoms. The summed E-state index contributed by atoms with van der Waals surface area (Å²) in [6, 6.07) is 0. The van der Waals surface area contributed by atoms with Gasteiger partial charge in [0.25, 0.3) is 0 Å². The molecule has 4 heteroatoms. The molecule has 0 amide bonds. The summed E-state index contributed by atoms with van der Waals surface area (Å²) in [5, 5.41) is 0. The van der Waals surface area contributed by atoms with Gasteiger partial charge in [-0.15, -0.1) is 11.6 Å². The number of esters is 1. The average Bonchev–Trinajstić information content (AvgIpc) is 1.91. The third-order valence-electron chi connectivity index (χ3n) is 0.974. The van der Waals surface area contributed by atoms with Crippen LogP contribution < -0.4 is 0 Å². The van der Waals surface area contributed by atoms with E-state index in [0.29, 0.717) is 6.61 Å². The van der Waals surface area contributed by atoms with Crippen molar-refractivity contribution in [3.63, 3.8) is 0 Å². The Labute approximate surface area is 65.3 Å². The summed E-state index contributed by atoms with van der Waals surface area (Å²) >= 11 is 5.37. The number of alkyl halides is 1. The van der Waals surface area contributed by atoms with E-state index in [0.717, 1.165) is 0 Å². The van der Waals surface area contributed by atoms with E-state index in [1.54, 1.807) is 6.92 Å². The summed E-state index contributed by atoms with van der Waals surface area (Å²) in [7, 11) is 1.42. The molecule has 0 fully saturated rings. The summed E-state index contributed by atoms with van der Waals surface area (Å²) in [4.78, 5) is 10.8. The van der Waals surface area contributed by atoms with Crippen molar-refractivity contribution < 1.29 is 14.3 Å². The third-order valence-corrected chi connectivity index (χ3v) is 1.25. The van der Waals surface area contributed by atoms with Gasteiger partial charge in [-0.2, -0.15) is 0 Å². The molecule has 1 atom stereocenters. The maximum atomic E-state index is 10.8. The topological polar surface area (TPSA) is 35.5 Å². The molecule has 0 aromatic rings. The van der Waals surface area contributed by atoms with E-state index in [1.165, 1.54) is 7.11 Å². The zero-order valence-electron chi connectivity index (χ0n) is 6.09. The normalized spacial score (nSPS) is 12.7. The second-order valence-electron chi connectivity index (χ2n) is 1.63. The van der Waals surface area contributed by atoms with Gasteiger partial charge in [0.1, 0.15) is 0 Å². The smallest absolute Gasteiger partial charge is 0.336 e. The number of methoxy groups -OCH3 is 1. The number of carbonyl (C=O) groups is 1. The van der Waals surface area contributed by atoms with Crippen LogP contribution in [0.25, 0.3) is 0 Å². The molecule has 0 N–H and O–H groups in total. The predicted molar refractivity (Wildman–Crippen MR) is 38.2 cm³/mol. The van der Waals surface area contributed by atoms with Crippen LogP contribution in [-0.4, -0.2) is 31.7 Å². The number of hydrogen-bond acceptors (Lipinski definition) is 3. The SMILES string of the molecule is CCOC(=O)C(CCl)OC. The van der Waals surface area contributed by atoms with Crippen LogP contribution in [0.5, 0.6) is 0 Å². The van der Waals surface area contributed by atoms with Crippen molar-refractivity contribution in [2.24, 2.45) is 0 Å². The Hall–Kier alpha value is -0.280. The molecule has 0 saturated carbocycles. The van der Waals surface area contributed by atoms with Crippen LogP contribution >= 0.6 is 11.6 Å². The summed E-state index contributed by atoms with van der Waals surface area (Å²) in [5.74, 6) is -0.269. The zero-order chi connectivity index (χ0) is 7.98. The van der Waals surface area contributed by atoms with Gasteiger partial charge in [0.05, 0.1) is 12.5 Å². The lowest BCUT2D eigenvalue weighted by molar-refractivity contribution is -0.153. The number of hydrogen-bond donors (Lipinski definition) is 0. The predicted octanol–water partition coefficient (Wildman–Crippen LogP) is 0.803. The molecular weight excluding hydrogens is 156 g/mol. The van der Waals surface area contributed by atoms with E-state index in [-0.39, 0.29) is 5.88 Å². The maximum Gasteiger partial charge on any atom is 0.336 e. The van der Waals surface area contributed by atoms with E-state index >= 15 is 0 Å². The van der Waals surface area contributed by atoms with Gasteiger partial charge in [-0.05, 0) is 6.92 Å². The summed E-state index contributed by atoms with van der Waals surface area (Å²) < 4.78 is 9.34. The van der Waals surface area contributed by atoms with Crippen molar-refractivity contribution >= 4 is 17.6 Å². The fourth-order valence-corrected chi connectivity index (χ4v) is 0.709. The lowest BCUT2D eigenvalue weighted by Gasteiger charge is -2.09. The highest BCUT2D eigenvalue weighted by atomic mass is 35.5. The Kier molecular flexibility index (Phi) is 5.35. The van der Waals surface area contributed by atoms with Gasteiger partial charge in [-0.25, -0.2) is 4.79 Å². The van der Waals surface area contributed by atoms with E-state index in [4.69, 9.17) is 16.3 Å². The molecule has 0 aromatic carbocycles. The molecule has 60 valence electrons. The minimum atomic E-state index is -0.624. The Morgan fingerprint density at radius 3 is 2.60 bits per heavy atom. The van der Waals surface area contributed by atoms with Crippen LogP contribution in [0.15, 0.2) is 0 Å². The quantitative estimate of drug-likeness (QED) is 0.458. The van der Waals surface area contributed by atoms with Crippen molar-refractivity contribution in [1.29, 1.82) is 0 Å². The first-order chi connectivity index (χ1) is 4.76. The highest BCUT2D eigenvalue weighted by Crippen LogP contribution is 1.96. The van der Waals surface area contributed by atoms with Gasteiger partial charge in [0.15, 0.2) is 6.10 Å². The lowest BCUT2D eigenvalue weighted by atomic mass is 10.4. The highest BCUT2D eigenvalue weighted by molar-refractivity contribution is 6.19.